The Morgan fingerprint density at radius 2 is 1.89 bits per heavy atom. The number of benzene rings is 2. The number of hydrogen-bond donors (Lipinski definition) is 0. The highest BCUT2D eigenvalue weighted by Gasteiger charge is 2.35. The van der Waals surface area contributed by atoms with E-state index >= 15 is 0 Å². The van der Waals surface area contributed by atoms with Crippen LogP contribution in [0.5, 0.6) is 0 Å². The second-order valence-corrected chi connectivity index (χ2v) is 7.40. The monoisotopic (exact) mass is 361 g/mol. The average molecular weight is 361 g/mol. The van der Waals surface area contributed by atoms with Crippen molar-refractivity contribution in [2.45, 2.75) is 40.0 Å². The number of anilines is 1. The fourth-order valence-corrected chi connectivity index (χ4v) is 3.62. The molecule has 0 bridgehead atoms. The van der Waals surface area contributed by atoms with Crippen LogP contribution in [0.25, 0.3) is 11.4 Å². The van der Waals surface area contributed by atoms with Gasteiger partial charge in [-0.1, -0.05) is 35.0 Å². The van der Waals surface area contributed by atoms with E-state index in [0.717, 1.165) is 27.9 Å². The van der Waals surface area contributed by atoms with Crippen LogP contribution in [0.15, 0.2) is 40.9 Å². The summed E-state index contributed by atoms with van der Waals surface area (Å²) in [5.41, 5.74) is 6.51. The third kappa shape index (κ3) is 3.14. The summed E-state index contributed by atoms with van der Waals surface area (Å²) in [4.78, 5) is 19.1. The quantitative estimate of drug-likeness (QED) is 0.690. The van der Waals surface area contributed by atoms with Gasteiger partial charge in [-0.3, -0.25) is 4.79 Å². The predicted octanol–water partition coefficient (Wildman–Crippen LogP) is 4.49. The number of aromatic nitrogens is 2. The molecule has 0 radical (unpaired) electrons. The van der Waals surface area contributed by atoms with Gasteiger partial charge in [0.15, 0.2) is 0 Å². The normalized spacial score (nSPS) is 17.0. The van der Waals surface area contributed by atoms with E-state index in [4.69, 9.17) is 4.52 Å². The van der Waals surface area contributed by atoms with Crippen LogP contribution in [0.1, 0.15) is 40.5 Å². The Morgan fingerprint density at radius 3 is 2.70 bits per heavy atom. The maximum Gasteiger partial charge on any atom is 0.232 e. The van der Waals surface area contributed by atoms with Crippen LogP contribution in [0.4, 0.5) is 5.69 Å². The molecule has 1 aliphatic heterocycles. The molecule has 1 aromatic heterocycles. The molecular weight excluding hydrogens is 338 g/mol. The van der Waals surface area contributed by atoms with Gasteiger partial charge >= 0.3 is 0 Å². The van der Waals surface area contributed by atoms with E-state index in [1.54, 1.807) is 0 Å². The fourth-order valence-electron chi connectivity index (χ4n) is 3.62. The first-order valence-electron chi connectivity index (χ1n) is 9.22. The standard InChI is InChI=1S/C22H23N3O2/c1-13-8-9-15(3)18(10-13)21-23-22(27-24-21)17-11-20(26)25(12-17)19-7-5-6-14(2)16(19)4/h5-10,17H,11-12H2,1-4H3. The zero-order chi connectivity index (χ0) is 19.1. The number of carbonyl (C=O) groups is 1. The number of carbonyl (C=O) groups excluding carboxylic acids is 1. The molecule has 2 heterocycles. The molecule has 1 saturated heterocycles. The first-order chi connectivity index (χ1) is 12.9. The van der Waals surface area contributed by atoms with Crippen molar-refractivity contribution in [3.05, 3.63) is 64.5 Å². The molecule has 1 unspecified atom stereocenters. The molecule has 5 nitrogen and oxygen atoms in total. The Balaban J connectivity index is 1.61. The maximum atomic E-state index is 12.6. The Hall–Kier alpha value is -2.95. The number of hydrogen-bond acceptors (Lipinski definition) is 4. The van der Waals surface area contributed by atoms with E-state index in [1.807, 2.05) is 30.9 Å². The van der Waals surface area contributed by atoms with Crippen LogP contribution in [-0.4, -0.2) is 22.6 Å². The third-order valence-corrected chi connectivity index (χ3v) is 5.42. The summed E-state index contributed by atoms with van der Waals surface area (Å²) in [6, 6.07) is 12.2. The summed E-state index contributed by atoms with van der Waals surface area (Å²) in [6.07, 6.45) is 0.391. The lowest BCUT2D eigenvalue weighted by Gasteiger charge is -2.19. The summed E-state index contributed by atoms with van der Waals surface area (Å²) in [6.45, 7) is 8.76. The number of rotatable bonds is 3. The molecule has 0 aliphatic carbocycles. The van der Waals surface area contributed by atoms with Gasteiger partial charge in [0.2, 0.25) is 17.6 Å². The average Bonchev–Trinajstić information content (AvgIpc) is 3.26. The molecule has 1 atom stereocenters. The maximum absolute atomic E-state index is 12.6. The van der Waals surface area contributed by atoms with Crippen molar-refractivity contribution >= 4 is 11.6 Å². The van der Waals surface area contributed by atoms with Gasteiger partial charge in [0.25, 0.3) is 0 Å². The zero-order valence-corrected chi connectivity index (χ0v) is 16.1. The smallest absolute Gasteiger partial charge is 0.232 e. The molecular formula is C22H23N3O2. The molecule has 27 heavy (non-hydrogen) atoms. The van der Waals surface area contributed by atoms with Crippen molar-refractivity contribution in [3.63, 3.8) is 0 Å². The van der Waals surface area contributed by atoms with Crippen LogP contribution in [0.2, 0.25) is 0 Å². The van der Waals surface area contributed by atoms with Gasteiger partial charge in [-0.15, -0.1) is 0 Å². The minimum absolute atomic E-state index is 0.0798. The van der Waals surface area contributed by atoms with Crippen molar-refractivity contribution in [3.8, 4) is 11.4 Å². The zero-order valence-electron chi connectivity index (χ0n) is 16.1. The summed E-state index contributed by atoms with van der Waals surface area (Å²) in [7, 11) is 0. The second-order valence-electron chi connectivity index (χ2n) is 7.40. The highest BCUT2D eigenvalue weighted by atomic mass is 16.5. The summed E-state index contributed by atoms with van der Waals surface area (Å²) in [5, 5.41) is 4.17. The lowest BCUT2D eigenvalue weighted by molar-refractivity contribution is -0.117. The van der Waals surface area contributed by atoms with Gasteiger partial charge in [-0.25, -0.2) is 0 Å². The van der Waals surface area contributed by atoms with E-state index in [1.165, 1.54) is 5.56 Å². The minimum Gasteiger partial charge on any atom is -0.339 e. The molecule has 2 aromatic carbocycles. The molecule has 1 aliphatic rings. The van der Waals surface area contributed by atoms with Crippen LogP contribution in [-0.2, 0) is 4.79 Å². The van der Waals surface area contributed by atoms with Crippen LogP contribution >= 0.6 is 0 Å². The van der Waals surface area contributed by atoms with E-state index in [-0.39, 0.29) is 11.8 Å². The van der Waals surface area contributed by atoms with Crippen molar-refractivity contribution in [1.82, 2.24) is 10.1 Å². The highest BCUT2D eigenvalue weighted by molar-refractivity contribution is 5.97. The SMILES string of the molecule is Cc1ccc(C)c(-c2noc(C3CC(=O)N(c4cccc(C)c4C)C3)n2)c1. The molecule has 0 saturated carbocycles. The second kappa shape index (κ2) is 6.65. The first-order valence-corrected chi connectivity index (χ1v) is 9.22. The molecule has 5 heteroatoms. The highest BCUT2D eigenvalue weighted by Crippen LogP contribution is 2.34. The number of amides is 1. The Morgan fingerprint density at radius 1 is 1.07 bits per heavy atom. The molecule has 0 spiro atoms. The largest absolute Gasteiger partial charge is 0.339 e. The molecule has 1 amide bonds. The predicted molar refractivity (Wildman–Crippen MR) is 105 cm³/mol. The van der Waals surface area contributed by atoms with Crippen molar-refractivity contribution < 1.29 is 9.32 Å². The lowest BCUT2D eigenvalue weighted by Crippen LogP contribution is -2.25. The van der Waals surface area contributed by atoms with Gasteiger partial charge in [-0.05, 0) is 56.5 Å². The molecule has 4 rings (SSSR count). The van der Waals surface area contributed by atoms with E-state index in [2.05, 4.69) is 48.3 Å². The molecule has 1 fully saturated rings. The Labute approximate surface area is 159 Å². The third-order valence-electron chi connectivity index (χ3n) is 5.42. The van der Waals surface area contributed by atoms with Crippen LogP contribution < -0.4 is 4.90 Å². The summed E-state index contributed by atoms with van der Waals surface area (Å²) < 4.78 is 5.54. The van der Waals surface area contributed by atoms with Crippen LogP contribution in [0, 0.1) is 27.7 Å². The molecule has 138 valence electrons. The lowest BCUT2D eigenvalue weighted by atomic mass is 10.1. The van der Waals surface area contributed by atoms with E-state index in [9.17, 15) is 4.79 Å². The topological polar surface area (TPSA) is 59.2 Å². The van der Waals surface area contributed by atoms with Gasteiger partial charge in [0, 0.05) is 24.2 Å². The van der Waals surface area contributed by atoms with Gasteiger partial charge in [0.1, 0.15) is 0 Å². The number of aryl methyl sites for hydroxylation is 3. The molecule has 0 N–H and O–H groups in total. The summed E-state index contributed by atoms with van der Waals surface area (Å²) in [5.74, 6) is 1.14. The van der Waals surface area contributed by atoms with Crippen LogP contribution in [0.3, 0.4) is 0 Å². The van der Waals surface area contributed by atoms with Crippen molar-refractivity contribution in [1.29, 1.82) is 0 Å². The number of nitrogens with zero attached hydrogens (tertiary/aromatic N) is 3. The Bertz CT molecular complexity index is 1020. The van der Waals surface area contributed by atoms with E-state index < -0.39 is 0 Å². The summed E-state index contributed by atoms with van der Waals surface area (Å²) >= 11 is 0. The van der Waals surface area contributed by atoms with Gasteiger partial charge in [-0.2, -0.15) is 4.98 Å². The first kappa shape index (κ1) is 17.5. The van der Waals surface area contributed by atoms with Gasteiger partial charge < -0.3 is 9.42 Å². The Kier molecular flexibility index (Phi) is 4.30. The van der Waals surface area contributed by atoms with Gasteiger partial charge in [0.05, 0.1) is 5.92 Å². The molecule has 3 aromatic rings. The van der Waals surface area contributed by atoms with Crippen molar-refractivity contribution in [2.75, 3.05) is 11.4 Å². The van der Waals surface area contributed by atoms with E-state index in [0.29, 0.717) is 24.7 Å². The van der Waals surface area contributed by atoms with Crippen molar-refractivity contribution in [2.24, 2.45) is 0 Å². The minimum atomic E-state index is -0.0798. The fraction of sp³-hybridized carbons (Fsp3) is 0.318.